The number of anilines is 2. The van der Waals surface area contributed by atoms with E-state index in [-0.39, 0.29) is 17.7 Å². The van der Waals surface area contributed by atoms with Gasteiger partial charge in [-0.1, -0.05) is 0 Å². The van der Waals surface area contributed by atoms with Crippen LogP contribution in [-0.4, -0.2) is 31.6 Å². The smallest absolute Gasteiger partial charge is 0.255 e. The van der Waals surface area contributed by atoms with Gasteiger partial charge in [0.25, 0.3) is 5.91 Å². The van der Waals surface area contributed by atoms with Gasteiger partial charge in [0, 0.05) is 36.1 Å². The SMILES string of the molecule is CCOc1ccc(NC(=O)c2ccc(NC(=O)C3CCOCC3)cc2)cc1. The van der Waals surface area contributed by atoms with Crippen LogP contribution in [0.5, 0.6) is 5.75 Å². The van der Waals surface area contributed by atoms with Crippen molar-refractivity contribution in [2.24, 2.45) is 5.92 Å². The Kier molecular flexibility index (Phi) is 6.44. The zero-order valence-electron chi connectivity index (χ0n) is 15.4. The molecule has 3 rings (SSSR count). The minimum absolute atomic E-state index is 0.00453. The summed E-state index contributed by atoms with van der Waals surface area (Å²) >= 11 is 0. The van der Waals surface area contributed by atoms with Gasteiger partial charge in [-0.25, -0.2) is 0 Å². The van der Waals surface area contributed by atoms with Crippen molar-refractivity contribution < 1.29 is 19.1 Å². The van der Waals surface area contributed by atoms with Crippen LogP contribution in [0.4, 0.5) is 11.4 Å². The van der Waals surface area contributed by atoms with Gasteiger partial charge >= 0.3 is 0 Å². The Balaban J connectivity index is 1.55. The van der Waals surface area contributed by atoms with Crippen molar-refractivity contribution in [3.8, 4) is 5.75 Å². The van der Waals surface area contributed by atoms with Crippen LogP contribution in [-0.2, 0) is 9.53 Å². The van der Waals surface area contributed by atoms with Crippen LogP contribution in [0.3, 0.4) is 0 Å². The van der Waals surface area contributed by atoms with Gasteiger partial charge in [-0.3, -0.25) is 9.59 Å². The van der Waals surface area contributed by atoms with Crippen molar-refractivity contribution in [1.29, 1.82) is 0 Å². The minimum atomic E-state index is -0.207. The van der Waals surface area contributed by atoms with Crippen molar-refractivity contribution in [2.45, 2.75) is 19.8 Å². The van der Waals surface area contributed by atoms with Crippen LogP contribution < -0.4 is 15.4 Å². The van der Waals surface area contributed by atoms with Crippen molar-refractivity contribution >= 4 is 23.2 Å². The molecule has 27 heavy (non-hydrogen) atoms. The molecule has 1 aliphatic heterocycles. The van der Waals surface area contributed by atoms with E-state index in [1.54, 1.807) is 36.4 Å². The molecule has 0 spiro atoms. The van der Waals surface area contributed by atoms with E-state index in [4.69, 9.17) is 9.47 Å². The van der Waals surface area contributed by atoms with Crippen LogP contribution in [0.25, 0.3) is 0 Å². The molecular formula is C21H24N2O4. The highest BCUT2D eigenvalue weighted by Gasteiger charge is 2.21. The number of carbonyl (C=O) groups excluding carboxylic acids is 2. The monoisotopic (exact) mass is 368 g/mol. The van der Waals surface area contributed by atoms with Crippen LogP contribution in [0, 0.1) is 5.92 Å². The maximum atomic E-state index is 12.4. The number of rotatable bonds is 6. The summed E-state index contributed by atoms with van der Waals surface area (Å²) < 4.78 is 10.7. The summed E-state index contributed by atoms with van der Waals surface area (Å²) in [6.45, 7) is 3.78. The molecule has 1 aliphatic rings. The quantitative estimate of drug-likeness (QED) is 0.815. The van der Waals surface area contributed by atoms with Gasteiger partial charge in [-0.2, -0.15) is 0 Å². The van der Waals surface area contributed by atoms with Crippen molar-refractivity contribution in [1.82, 2.24) is 0 Å². The topological polar surface area (TPSA) is 76.7 Å². The summed E-state index contributed by atoms with van der Waals surface area (Å²) in [6, 6.07) is 14.1. The lowest BCUT2D eigenvalue weighted by Gasteiger charge is -2.21. The Morgan fingerprint density at radius 3 is 2.19 bits per heavy atom. The Bertz CT molecular complexity index is 766. The van der Waals surface area contributed by atoms with E-state index in [9.17, 15) is 9.59 Å². The van der Waals surface area contributed by atoms with Gasteiger partial charge in [0.15, 0.2) is 0 Å². The van der Waals surface area contributed by atoms with E-state index in [1.165, 1.54) is 0 Å². The lowest BCUT2D eigenvalue weighted by atomic mass is 9.99. The first-order valence-corrected chi connectivity index (χ1v) is 9.18. The standard InChI is InChI=1S/C21H24N2O4/c1-2-27-19-9-7-18(8-10-19)23-20(24)15-3-5-17(6-4-15)22-21(25)16-11-13-26-14-12-16/h3-10,16H,2,11-14H2,1H3,(H,22,25)(H,23,24). The van der Waals surface area contributed by atoms with E-state index in [0.29, 0.717) is 36.8 Å². The Morgan fingerprint density at radius 1 is 0.963 bits per heavy atom. The predicted molar refractivity (Wildman–Crippen MR) is 104 cm³/mol. The van der Waals surface area contributed by atoms with Crippen LogP contribution in [0.1, 0.15) is 30.1 Å². The fourth-order valence-electron chi connectivity index (χ4n) is 2.91. The van der Waals surface area contributed by atoms with Crippen LogP contribution in [0.2, 0.25) is 0 Å². The van der Waals surface area contributed by atoms with Gasteiger partial charge < -0.3 is 20.1 Å². The average Bonchev–Trinajstić information content (AvgIpc) is 2.71. The second kappa shape index (κ2) is 9.19. The molecule has 142 valence electrons. The van der Waals surface area contributed by atoms with Gasteiger partial charge in [0.1, 0.15) is 5.75 Å². The summed E-state index contributed by atoms with van der Waals surface area (Å²) in [5.74, 6) is 0.549. The van der Waals surface area contributed by atoms with Gasteiger partial charge in [0.2, 0.25) is 5.91 Å². The van der Waals surface area contributed by atoms with Crippen molar-refractivity contribution in [2.75, 3.05) is 30.5 Å². The van der Waals surface area contributed by atoms with Crippen molar-refractivity contribution in [3.05, 3.63) is 54.1 Å². The first-order valence-electron chi connectivity index (χ1n) is 9.18. The molecule has 1 fully saturated rings. The molecule has 6 nitrogen and oxygen atoms in total. The second-order valence-electron chi connectivity index (χ2n) is 6.36. The third-order valence-electron chi connectivity index (χ3n) is 4.43. The third kappa shape index (κ3) is 5.31. The molecule has 1 heterocycles. The van der Waals surface area contributed by atoms with E-state index in [2.05, 4.69) is 10.6 Å². The van der Waals surface area contributed by atoms with Crippen LogP contribution >= 0.6 is 0 Å². The summed E-state index contributed by atoms with van der Waals surface area (Å²) in [5, 5.41) is 5.75. The molecule has 2 aromatic rings. The van der Waals surface area contributed by atoms with Gasteiger partial charge in [-0.15, -0.1) is 0 Å². The second-order valence-corrected chi connectivity index (χ2v) is 6.36. The molecule has 0 bridgehead atoms. The first-order chi connectivity index (χ1) is 13.2. The molecule has 0 aromatic heterocycles. The molecule has 2 N–H and O–H groups in total. The number of ether oxygens (including phenoxy) is 2. The maximum Gasteiger partial charge on any atom is 0.255 e. The third-order valence-corrected chi connectivity index (χ3v) is 4.43. The van der Waals surface area contributed by atoms with E-state index in [1.807, 2.05) is 19.1 Å². The molecule has 0 saturated carbocycles. The van der Waals surface area contributed by atoms with Gasteiger partial charge in [-0.05, 0) is 68.3 Å². The molecular weight excluding hydrogens is 344 g/mol. The van der Waals surface area contributed by atoms with E-state index < -0.39 is 0 Å². The number of benzene rings is 2. The molecule has 2 aromatic carbocycles. The summed E-state index contributed by atoms with van der Waals surface area (Å²) in [4.78, 5) is 24.6. The van der Waals surface area contributed by atoms with E-state index in [0.717, 1.165) is 18.6 Å². The number of carbonyl (C=O) groups is 2. The van der Waals surface area contributed by atoms with Crippen molar-refractivity contribution in [3.63, 3.8) is 0 Å². The number of amides is 2. The number of hydrogen-bond acceptors (Lipinski definition) is 4. The normalized spacial score (nSPS) is 14.4. The molecule has 0 aliphatic carbocycles. The Labute approximate surface area is 158 Å². The molecule has 6 heteroatoms. The lowest BCUT2D eigenvalue weighted by Crippen LogP contribution is -2.28. The zero-order valence-corrected chi connectivity index (χ0v) is 15.4. The van der Waals surface area contributed by atoms with Crippen LogP contribution in [0.15, 0.2) is 48.5 Å². The molecule has 0 radical (unpaired) electrons. The average molecular weight is 368 g/mol. The highest BCUT2D eigenvalue weighted by atomic mass is 16.5. The number of nitrogens with one attached hydrogen (secondary N) is 2. The fourth-order valence-corrected chi connectivity index (χ4v) is 2.91. The molecule has 0 unspecified atom stereocenters. The predicted octanol–water partition coefficient (Wildman–Crippen LogP) is 3.70. The summed E-state index contributed by atoms with van der Waals surface area (Å²) in [6.07, 6.45) is 1.49. The van der Waals surface area contributed by atoms with E-state index >= 15 is 0 Å². The zero-order chi connectivity index (χ0) is 19.1. The first kappa shape index (κ1) is 18.9. The molecule has 0 atom stereocenters. The largest absolute Gasteiger partial charge is 0.494 e. The lowest BCUT2D eigenvalue weighted by molar-refractivity contribution is -0.122. The summed E-state index contributed by atoms with van der Waals surface area (Å²) in [5.41, 5.74) is 1.90. The molecule has 1 saturated heterocycles. The minimum Gasteiger partial charge on any atom is -0.494 e. The Morgan fingerprint density at radius 2 is 1.56 bits per heavy atom. The van der Waals surface area contributed by atoms with Gasteiger partial charge in [0.05, 0.1) is 6.61 Å². The highest BCUT2D eigenvalue weighted by Crippen LogP contribution is 2.19. The summed E-state index contributed by atoms with van der Waals surface area (Å²) in [7, 11) is 0. The maximum absolute atomic E-state index is 12.4. The number of hydrogen-bond donors (Lipinski definition) is 2. The highest BCUT2D eigenvalue weighted by molar-refractivity contribution is 6.04. The Hall–Kier alpha value is -2.86. The molecule has 2 amide bonds. The fraction of sp³-hybridized carbons (Fsp3) is 0.333.